The minimum absolute atomic E-state index is 0.0228. The van der Waals surface area contributed by atoms with Crippen molar-refractivity contribution in [3.8, 4) is 11.5 Å². The molecule has 0 atom stereocenters. The maximum atomic E-state index is 13.3. The predicted octanol–water partition coefficient (Wildman–Crippen LogP) is 12.9. The van der Waals surface area contributed by atoms with E-state index in [1.807, 2.05) is 37.3 Å². The fourth-order valence-electron chi connectivity index (χ4n) is 6.85. The predicted molar refractivity (Wildman–Crippen MR) is 239 cm³/mol. The molecule has 0 aliphatic heterocycles. The number of rotatable bonds is 10. The molecule has 0 fully saturated rings. The quantitative estimate of drug-likeness (QED) is 0.0611. The summed E-state index contributed by atoms with van der Waals surface area (Å²) in [6.45, 7) is 5.65. The van der Waals surface area contributed by atoms with E-state index >= 15 is 0 Å². The van der Waals surface area contributed by atoms with Gasteiger partial charge in [0.15, 0.2) is 17.3 Å². The van der Waals surface area contributed by atoms with Crippen molar-refractivity contribution in [3.63, 3.8) is 0 Å². The van der Waals surface area contributed by atoms with Gasteiger partial charge in [-0.2, -0.15) is 5.11 Å². The van der Waals surface area contributed by atoms with Crippen LogP contribution in [0.4, 0.5) is 28.4 Å². The van der Waals surface area contributed by atoms with Gasteiger partial charge in [0.25, 0.3) is 11.8 Å². The molecule has 12 heteroatoms. The lowest BCUT2D eigenvalue weighted by Crippen LogP contribution is -2.12. The van der Waals surface area contributed by atoms with Crippen LogP contribution in [0, 0.1) is 6.92 Å². The second-order valence-electron chi connectivity index (χ2n) is 13.9. The number of fused-ring (bicyclic) bond motifs is 3. The number of nitrogens with one attached hydrogen (secondary N) is 2. The van der Waals surface area contributed by atoms with Gasteiger partial charge in [-0.1, -0.05) is 109 Å². The summed E-state index contributed by atoms with van der Waals surface area (Å²) in [7, 11) is 0. The van der Waals surface area contributed by atoms with Gasteiger partial charge in [0.2, 0.25) is 0 Å². The summed E-state index contributed by atoms with van der Waals surface area (Å²) in [6.07, 6.45) is 4.72. The smallest absolute Gasteiger partial charge is 0.259 e. The Labute approximate surface area is 354 Å². The van der Waals surface area contributed by atoms with Gasteiger partial charge in [0.1, 0.15) is 17.1 Å². The third-order valence-electron chi connectivity index (χ3n) is 9.87. The van der Waals surface area contributed by atoms with Crippen LogP contribution in [-0.2, 0) is 0 Å². The fraction of sp³-hybridized carbons (Fsp3) is 0.0204. The number of phenols is 2. The van der Waals surface area contributed by atoms with Crippen molar-refractivity contribution >= 4 is 84.8 Å². The lowest BCUT2D eigenvalue weighted by molar-refractivity contribution is 0.101. The largest absolute Gasteiger partial charge is 0.505 e. The molecule has 0 bridgehead atoms. The van der Waals surface area contributed by atoms with Crippen LogP contribution < -0.4 is 10.6 Å². The van der Waals surface area contributed by atoms with E-state index in [0.717, 1.165) is 5.56 Å². The molecule has 0 unspecified atom stereocenters. The van der Waals surface area contributed by atoms with E-state index in [2.05, 4.69) is 43.4 Å². The normalized spacial score (nSPS) is 12.3. The Hall–Kier alpha value is -8.24. The molecule has 0 saturated carbocycles. The fourth-order valence-corrected chi connectivity index (χ4v) is 7.03. The maximum absolute atomic E-state index is 13.3. The molecular weight excluding hydrogens is 788 g/mol. The molecule has 7 aromatic rings. The van der Waals surface area contributed by atoms with Crippen LogP contribution in [0.2, 0.25) is 5.02 Å². The number of ketones is 1. The van der Waals surface area contributed by atoms with Gasteiger partial charge in [-0.15, -0.1) is 15.3 Å². The number of nitrogens with zero attached hydrogens (tertiary/aromatic N) is 4. The number of aryl methyl sites for hydroxylation is 1. The molecule has 1 aliphatic carbocycles. The average Bonchev–Trinajstić information content (AvgIpc) is 3.58. The number of hydrogen-bond acceptors (Lipinski definition) is 9. The Morgan fingerprint density at radius 3 is 2.02 bits per heavy atom. The third-order valence-corrected chi connectivity index (χ3v) is 10.2. The number of benzene rings is 7. The van der Waals surface area contributed by atoms with Gasteiger partial charge < -0.3 is 20.8 Å². The first-order valence-corrected chi connectivity index (χ1v) is 19.2. The van der Waals surface area contributed by atoms with Crippen molar-refractivity contribution in [1.29, 1.82) is 0 Å². The lowest BCUT2D eigenvalue weighted by Gasteiger charge is -2.12. The third kappa shape index (κ3) is 8.23. The van der Waals surface area contributed by atoms with E-state index in [1.165, 1.54) is 6.08 Å². The van der Waals surface area contributed by atoms with E-state index in [0.29, 0.717) is 60.3 Å². The first-order chi connectivity index (χ1) is 29.6. The molecule has 1 aliphatic rings. The van der Waals surface area contributed by atoms with E-state index in [-0.39, 0.29) is 45.5 Å². The molecule has 4 N–H and O–H groups in total. The molecule has 0 radical (unpaired) electrons. The Morgan fingerprint density at radius 2 is 1.34 bits per heavy atom. The summed E-state index contributed by atoms with van der Waals surface area (Å²) < 4.78 is 0. The number of azo groups is 2. The number of carbonyl (C=O) groups is 3. The monoisotopic (exact) mass is 820 g/mol. The van der Waals surface area contributed by atoms with Crippen LogP contribution in [0.1, 0.15) is 42.2 Å². The molecule has 2 amide bonds. The minimum atomic E-state index is -0.585. The maximum Gasteiger partial charge on any atom is 0.259 e. The summed E-state index contributed by atoms with van der Waals surface area (Å²) in [5.74, 6) is -2.08. The highest BCUT2D eigenvalue weighted by molar-refractivity contribution is 6.34. The molecule has 0 heterocycles. The lowest BCUT2D eigenvalue weighted by atomic mass is 10.0. The van der Waals surface area contributed by atoms with Crippen molar-refractivity contribution in [2.75, 3.05) is 10.6 Å². The molecule has 0 spiro atoms. The second kappa shape index (κ2) is 16.9. The summed E-state index contributed by atoms with van der Waals surface area (Å²) in [5, 5.41) is 48.4. The molecule has 0 aromatic heterocycles. The Kier molecular flexibility index (Phi) is 11.0. The Balaban J connectivity index is 1.03. The number of para-hydroxylation sites is 1. The molecular formula is C49H33ClN6O5. The van der Waals surface area contributed by atoms with E-state index in [9.17, 15) is 24.6 Å². The van der Waals surface area contributed by atoms with Crippen LogP contribution in [0.15, 0.2) is 184 Å². The van der Waals surface area contributed by atoms with Crippen LogP contribution in [0.5, 0.6) is 11.5 Å². The number of halogens is 1. The van der Waals surface area contributed by atoms with Gasteiger partial charge in [0.05, 0.1) is 27.5 Å². The topological polar surface area (TPSA) is 165 Å². The highest BCUT2D eigenvalue weighted by Crippen LogP contribution is 2.42. The Morgan fingerprint density at radius 1 is 0.705 bits per heavy atom. The van der Waals surface area contributed by atoms with Crippen molar-refractivity contribution in [1.82, 2.24) is 0 Å². The van der Waals surface area contributed by atoms with Crippen molar-refractivity contribution in [2.24, 2.45) is 20.5 Å². The highest BCUT2D eigenvalue weighted by atomic mass is 35.5. The van der Waals surface area contributed by atoms with Crippen LogP contribution in [0.25, 0.3) is 27.1 Å². The van der Waals surface area contributed by atoms with Gasteiger partial charge >= 0.3 is 0 Å². The van der Waals surface area contributed by atoms with Gasteiger partial charge in [-0.25, -0.2) is 0 Å². The van der Waals surface area contributed by atoms with E-state index in [1.54, 1.807) is 109 Å². The zero-order valence-electron chi connectivity index (χ0n) is 32.3. The zero-order chi connectivity index (χ0) is 42.6. The Bertz CT molecular complexity index is 3160. The van der Waals surface area contributed by atoms with E-state index < -0.39 is 11.8 Å². The summed E-state index contributed by atoms with van der Waals surface area (Å²) in [5.41, 5.74) is 6.93. The van der Waals surface area contributed by atoms with Crippen molar-refractivity contribution < 1.29 is 24.6 Å². The molecule has 296 valence electrons. The summed E-state index contributed by atoms with van der Waals surface area (Å²) >= 11 is 6.25. The van der Waals surface area contributed by atoms with Crippen LogP contribution in [0.3, 0.4) is 0 Å². The number of anilines is 2. The minimum Gasteiger partial charge on any atom is -0.505 e. The van der Waals surface area contributed by atoms with Gasteiger partial charge in [-0.05, 0) is 95.1 Å². The standard InChI is InChI=1S/C49H33ClN6O5/c1-3-32(53-55-44-36-15-6-4-12-29(36)24-39(46(44)58)48(60)51-33-14-10-11-28(2)23-33)20-19-31-26-43(57)38-27-34(21-22-35(31)38)54-56-45-37-16-7-5-13-30(37)25-40(47(45)59)49(61)52-42-18-9-8-17-41(42)50/h4-27,58-59H,1H2,2H3,(H,51,60)(H,52,61). The van der Waals surface area contributed by atoms with Crippen molar-refractivity contribution in [3.05, 3.63) is 196 Å². The van der Waals surface area contributed by atoms with E-state index in [4.69, 9.17) is 11.6 Å². The van der Waals surface area contributed by atoms with Crippen molar-refractivity contribution in [2.45, 2.75) is 6.92 Å². The molecule has 11 nitrogen and oxygen atoms in total. The molecule has 7 aromatic carbocycles. The number of allylic oxidation sites excluding steroid dienone is 4. The zero-order valence-corrected chi connectivity index (χ0v) is 33.1. The number of aromatic hydroxyl groups is 2. The van der Waals surface area contributed by atoms with Gasteiger partial charge in [-0.3, -0.25) is 14.4 Å². The summed E-state index contributed by atoms with van der Waals surface area (Å²) in [4.78, 5) is 39.9. The molecule has 0 saturated heterocycles. The average molecular weight is 821 g/mol. The second-order valence-corrected chi connectivity index (χ2v) is 14.3. The first-order valence-electron chi connectivity index (χ1n) is 18.8. The number of amides is 2. The molecule has 61 heavy (non-hydrogen) atoms. The SMILES string of the molecule is C=C=C(C=CC1=CC(=O)c2cc(N=Nc3c(O)c(C(=O)Nc4ccccc4Cl)cc4ccccc34)ccc21)N=Nc1c(O)c(C(=O)Nc2cccc(C)c2)cc2ccccc12. The summed E-state index contributed by atoms with van der Waals surface area (Å²) in [6, 6.07) is 36.6. The number of phenolic OH excluding ortho intramolecular Hbond substituents is 2. The first kappa shape index (κ1) is 39.6. The van der Waals surface area contributed by atoms with Gasteiger partial charge in [0, 0.05) is 22.0 Å². The van der Waals surface area contributed by atoms with Crippen LogP contribution >= 0.6 is 11.6 Å². The van der Waals surface area contributed by atoms with Crippen LogP contribution in [-0.4, -0.2) is 27.8 Å². The highest BCUT2D eigenvalue weighted by Gasteiger charge is 2.23. The number of carbonyl (C=O) groups excluding carboxylic acids is 3. The number of hydrogen-bond donors (Lipinski definition) is 4. The molecule has 8 rings (SSSR count).